The lowest BCUT2D eigenvalue weighted by Gasteiger charge is -2.08. The highest BCUT2D eigenvalue weighted by Gasteiger charge is 2.03. The minimum atomic E-state index is -0.445. The zero-order valence-electron chi connectivity index (χ0n) is 12.7. The normalized spacial score (nSPS) is 10.9. The molecule has 22 heavy (non-hydrogen) atoms. The van der Waals surface area contributed by atoms with Crippen molar-refractivity contribution in [1.29, 1.82) is 0 Å². The van der Waals surface area contributed by atoms with Gasteiger partial charge in [-0.25, -0.2) is 5.06 Å². The molecule has 0 bridgehead atoms. The molecule has 3 nitrogen and oxygen atoms in total. The largest absolute Gasteiger partial charge is 0.286 e. The molecule has 0 saturated heterocycles. The maximum atomic E-state index is 11.4. The predicted molar refractivity (Wildman–Crippen MR) is 91.1 cm³/mol. The number of amides is 1. The molecule has 0 aliphatic rings. The minimum Gasteiger partial charge on any atom is -0.286 e. The summed E-state index contributed by atoms with van der Waals surface area (Å²) in [5.74, 6) is -0.445. The first-order valence-corrected chi connectivity index (χ1v) is 8.18. The number of likely N-dealkylation sites (N-methyl/N-ethyl adjacent to an activating group) is 1. The molecular formula is C18H19NO2S. The Morgan fingerprint density at radius 2 is 1.86 bits per heavy atom. The van der Waals surface area contributed by atoms with Crippen LogP contribution in [0.5, 0.6) is 0 Å². The first kappa shape index (κ1) is 16.3. The summed E-state index contributed by atoms with van der Waals surface area (Å²) < 4.78 is 0. The molecule has 0 aromatic heterocycles. The van der Waals surface area contributed by atoms with Crippen LogP contribution in [0.4, 0.5) is 0 Å². The van der Waals surface area contributed by atoms with E-state index >= 15 is 0 Å². The summed E-state index contributed by atoms with van der Waals surface area (Å²) in [4.78, 5) is 12.7. The van der Waals surface area contributed by atoms with Crippen molar-refractivity contribution in [2.45, 2.75) is 11.3 Å². The second-order valence-corrected chi connectivity index (χ2v) is 5.80. The van der Waals surface area contributed by atoms with Gasteiger partial charge < -0.3 is 0 Å². The van der Waals surface area contributed by atoms with E-state index in [-0.39, 0.29) is 0 Å². The summed E-state index contributed by atoms with van der Waals surface area (Å²) >= 11 is 1.72. The average Bonchev–Trinajstić information content (AvgIpc) is 2.54. The monoisotopic (exact) mass is 313 g/mol. The van der Waals surface area contributed by atoms with Gasteiger partial charge in [-0.05, 0) is 47.6 Å². The number of carbonyl (C=O) groups is 1. The molecule has 0 aliphatic carbocycles. The third-order valence-corrected chi connectivity index (χ3v) is 4.08. The zero-order valence-corrected chi connectivity index (χ0v) is 13.5. The van der Waals surface area contributed by atoms with Crippen LogP contribution in [0.15, 0.2) is 59.5 Å². The first-order valence-electron chi connectivity index (χ1n) is 6.95. The van der Waals surface area contributed by atoms with Crippen LogP contribution in [0.25, 0.3) is 6.08 Å². The fraction of sp³-hybridized carbons (Fsp3) is 0.167. The van der Waals surface area contributed by atoms with E-state index in [2.05, 4.69) is 36.6 Å². The lowest BCUT2D eigenvalue weighted by molar-refractivity contribution is -0.153. The van der Waals surface area contributed by atoms with Crippen LogP contribution in [0.1, 0.15) is 16.7 Å². The Balaban J connectivity index is 2.18. The van der Waals surface area contributed by atoms with Crippen LogP contribution in [0.3, 0.4) is 0 Å². The Hall–Kier alpha value is -2.04. The molecule has 2 aromatic carbocycles. The number of hydroxylamine groups is 2. The fourth-order valence-corrected chi connectivity index (χ4v) is 2.50. The maximum absolute atomic E-state index is 11.4. The molecule has 0 radical (unpaired) electrons. The number of rotatable bonds is 5. The Morgan fingerprint density at radius 1 is 1.18 bits per heavy atom. The predicted octanol–water partition coefficient (Wildman–Crippen LogP) is 3.86. The van der Waals surface area contributed by atoms with E-state index in [0.717, 1.165) is 17.5 Å². The smallest absolute Gasteiger partial charge is 0.269 e. The summed E-state index contributed by atoms with van der Waals surface area (Å²) in [6.07, 6.45) is 5.97. The Bertz CT molecular complexity index is 663. The minimum absolute atomic E-state index is 0.445. The van der Waals surface area contributed by atoms with Crippen LogP contribution in [0.2, 0.25) is 0 Å². The quantitative estimate of drug-likeness (QED) is 0.394. The second kappa shape index (κ2) is 7.82. The average molecular weight is 313 g/mol. The van der Waals surface area contributed by atoms with Crippen LogP contribution in [-0.2, 0) is 11.2 Å². The van der Waals surface area contributed by atoms with Gasteiger partial charge in [0, 0.05) is 18.0 Å². The van der Waals surface area contributed by atoms with Crippen molar-refractivity contribution in [2.75, 3.05) is 13.3 Å². The van der Waals surface area contributed by atoms with Gasteiger partial charge in [-0.15, -0.1) is 11.8 Å². The van der Waals surface area contributed by atoms with Gasteiger partial charge in [0.1, 0.15) is 0 Å². The Labute approximate surface area is 135 Å². The van der Waals surface area contributed by atoms with E-state index in [1.165, 1.54) is 23.6 Å². The Kier molecular flexibility index (Phi) is 5.81. The van der Waals surface area contributed by atoms with Crippen molar-refractivity contribution in [3.63, 3.8) is 0 Å². The second-order valence-electron chi connectivity index (χ2n) is 4.92. The Morgan fingerprint density at radius 3 is 2.50 bits per heavy atom. The number of hydrogen-bond acceptors (Lipinski definition) is 3. The summed E-state index contributed by atoms with van der Waals surface area (Å²) in [6, 6.07) is 16.4. The number of benzene rings is 2. The first-order chi connectivity index (χ1) is 10.6. The van der Waals surface area contributed by atoms with Gasteiger partial charge >= 0.3 is 0 Å². The van der Waals surface area contributed by atoms with Gasteiger partial charge in [0.15, 0.2) is 0 Å². The van der Waals surface area contributed by atoms with E-state index < -0.39 is 5.91 Å². The molecule has 0 heterocycles. The third-order valence-electron chi connectivity index (χ3n) is 3.33. The van der Waals surface area contributed by atoms with E-state index in [4.69, 9.17) is 5.21 Å². The number of thioether (sulfide) groups is 1. The van der Waals surface area contributed by atoms with Crippen LogP contribution in [0, 0.1) is 0 Å². The summed E-state index contributed by atoms with van der Waals surface area (Å²) in [6.45, 7) is 0. The number of hydrogen-bond donors (Lipinski definition) is 1. The lowest BCUT2D eigenvalue weighted by Crippen LogP contribution is -2.19. The molecule has 4 heteroatoms. The van der Waals surface area contributed by atoms with Crippen LogP contribution < -0.4 is 0 Å². The third kappa shape index (κ3) is 4.48. The van der Waals surface area contributed by atoms with Crippen molar-refractivity contribution in [2.24, 2.45) is 0 Å². The highest BCUT2D eigenvalue weighted by Crippen LogP contribution is 2.19. The summed E-state index contributed by atoms with van der Waals surface area (Å²) in [5.41, 5.74) is 3.35. The molecule has 2 aromatic rings. The molecule has 0 atom stereocenters. The van der Waals surface area contributed by atoms with E-state index in [1.807, 2.05) is 18.2 Å². The molecule has 2 rings (SSSR count). The fourth-order valence-electron chi connectivity index (χ4n) is 2.09. The van der Waals surface area contributed by atoms with E-state index in [0.29, 0.717) is 5.06 Å². The standard InChI is InChI=1S/C18H19NO2S/c1-19(21)18(20)12-9-15-5-3-4-6-16(15)13-14-7-10-17(22-2)11-8-14/h3-12,21H,13H2,1-2H3. The van der Waals surface area contributed by atoms with Gasteiger partial charge in [-0.2, -0.15) is 0 Å². The molecule has 1 N–H and O–H groups in total. The van der Waals surface area contributed by atoms with E-state index in [9.17, 15) is 4.79 Å². The molecule has 114 valence electrons. The van der Waals surface area contributed by atoms with Crippen molar-refractivity contribution >= 4 is 23.7 Å². The SMILES string of the molecule is CSc1ccc(Cc2ccccc2C=CC(=O)N(C)O)cc1. The molecule has 0 fully saturated rings. The number of carbonyl (C=O) groups excluding carboxylic acids is 1. The van der Waals surface area contributed by atoms with E-state index in [1.54, 1.807) is 17.8 Å². The molecule has 0 saturated carbocycles. The molecule has 0 spiro atoms. The maximum Gasteiger partial charge on any atom is 0.269 e. The van der Waals surface area contributed by atoms with Gasteiger partial charge in [0.2, 0.25) is 0 Å². The van der Waals surface area contributed by atoms with Crippen LogP contribution in [-0.4, -0.2) is 29.5 Å². The van der Waals surface area contributed by atoms with Crippen LogP contribution >= 0.6 is 11.8 Å². The highest BCUT2D eigenvalue weighted by atomic mass is 32.2. The van der Waals surface area contributed by atoms with Gasteiger partial charge in [-0.3, -0.25) is 10.0 Å². The van der Waals surface area contributed by atoms with Gasteiger partial charge in [0.05, 0.1) is 0 Å². The summed E-state index contributed by atoms with van der Waals surface area (Å²) in [7, 11) is 1.31. The molecule has 0 unspecified atom stereocenters. The lowest BCUT2D eigenvalue weighted by atomic mass is 9.99. The molecular weight excluding hydrogens is 294 g/mol. The van der Waals surface area contributed by atoms with Crippen molar-refractivity contribution in [3.05, 3.63) is 71.3 Å². The van der Waals surface area contributed by atoms with Crippen molar-refractivity contribution in [1.82, 2.24) is 5.06 Å². The zero-order chi connectivity index (χ0) is 15.9. The van der Waals surface area contributed by atoms with Crippen molar-refractivity contribution < 1.29 is 10.0 Å². The molecule has 0 aliphatic heterocycles. The number of nitrogens with zero attached hydrogens (tertiary/aromatic N) is 1. The van der Waals surface area contributed by atoms with Gasteiger partial charge in [-0.1, -0.05) is 36.4 Å². The van der Waals surface area contributed by atoms with Gasteiger partial charge in [0.25, 0.3) is 5.91 Å². The molecule has 1 amide bonds. The summed E-state index contributed by atoms with van der Waals surface area (Å²) in [5, 5.41) is 9.65. The highest BCUT2D eigenvalue weighted by molar-refractivity contribution is 7.98. The topological polar surface area (TPSA) is 40.5 Å². The van der Waals surface area contributed by atoms with Crippen molar-refractivity contribution in [3.8, 4) is 0 Å².